The van der Waals surface area contributed by atoms with Crippen LogP contribution in [0.4, 0.5) is 5.82 Å². The van der Waals surface area contributed by atoms with Crippen LogP contribution in [0.1, 0.15) is 31.2 Å². The standard InChI is InChI=1S/C27H32N4O2/c1-31-15-14-27(20-9-10-23(32-2)24(16-20)33-3)13-12-21(17-25(27)31)28-18-29-26-11-8-19-6-4-5-7-22(19)30-26/h4-11,16,25H,12-15,17-18H2,1-3H3,(H,29,30)/b28-21+. The number of benzene rings is 2. The van der Waals surface area contributed by atoms with Gasteiger partial charge in [0.2, 0.25) is 0 Å². The molecule has 3 aromatic rings. The third-order valence-electron chi connectivity index (χ3n) is 7.49. The third-order valence-corrected chi connectivity index (χ3v) is 7.49. The predicted octanol–water partition coefficient (Wildman–Crippen LogP) is 4.89. The molecule has 33 heavy (non-hydrogen) atoms. The molecule has 0 bridgehead atoms. The number of fused-ring (bicyclic) bond motifs is 2. The van der Waals surface area contributed by atoms with Crippen LogP contribution in [0.2, 0.25) is 0 Å². The maximum absolute atomic E-state index is 5.61. The van der Waals surface area contributed by atoms with Crippen LogP contribution >= 0.6 is 0 Å². The summed E-state index contributed by atoms with van der Waals surface area (Å²) in [5.41, 5.74) is 3.78. The predicted molar refractivity (Wildman–Crippen MR) is 134 cm³/mol. The van der Waals surface area contributed by atoms with E-state index in [-0.39, 0.29) is 5.41 Å². The monoisotopic (exact) mass is 444 g/mol. The van der Waals surface area contributed by atoms with E-state index in [0.29, 0.717) is 12.7 Å². The number of likely N-dealkylation sites (N-methyl/N-ethyl adjacent to an activating group) is 1. The van der Waals surface area contributed by atoms with Gasteiger partial charge in [-0.1, -0.05) is 24.3 Å². The summed E-state index contributed by atoms with van der Waals surface area (Å²) in [4.78, 5) is 12.1. The Morgan fingerprint density at radius 1 is 1.06 bits per heavy atom. The zero-order valence-electron chi connectivity index (χ0n) is 19.7. The zero-order valence-corrected chi connectivity index (χ0v) is 19.7. The fourth-order valence-electron chi connectivity index (χ4n) is 5.62. The van der Waals surface area contributed by atoms with Crippen molar-refractivity contribution in [3.8, 4) is 11.5 Å². The number of aromatic nitrogens is 1. The van der Waals surface area contributed by atoms with Gasteiger partial charge >= 0.3 is 0 Å². The van der Waals surface area contributed by atoms with E-state index in [9.17, 15) is 0 Å². The molecule has 5 rings (SSSR count). The second-order valence-electron chi connectivity index (χ2n) is 9.12. The van der Waals surface area contributed by atoms with Crippen LogP contribution in [-0.2, 0) is 5.41 Å². The number of likely N-dealkylation sites (tertiary alicyclic amines) is 1. The molecule has 0 spiro atoms. The first-order chi connectivity index (χ1) is 16.1. The van der Waals surface area contributed by atoms with Crippen molar-refractivity contribution >= 4 is 22.4 Å². The van der Waals surface area contributed by atoms with Gasteiger partial charge in [-0.3, -0.25) is 4.99 Å². The van der Waals surface area contributed by atoms with Crippen molar-refractivity contribution in [2.24, 2.45) is 4.99 Å². The first-order valence-corrected chi connectivity index (χ1v) is 11.7. The van der Waals surface area contributed by atoms with E-state index < -0.39 is 0 Å². The van der Waals surface area contributed by atoms with Crippen LogP contribution in [0.25, 0.3) is 10.9 Å². The lowest BCUT2D eigenvalue weighted by Crippen LogP contribution is -2.46. The number of pyridine rings is 1. The number of hydrogen-bond donors (Lipinski definition) is 1. The molecule has 1 aromatic heterocycles. The first kappa shape index (κ1) is 21.7. The molecule has 2 fully saturated rings. The summed E-state index contributed by atoms with van der Waals surface area (Å²) in [6, 6.07) is 19.2. The van der Waals surface area contributed by atoms with E-state index in [4.69, 9.17) is 19.5 Å². The Bertz CT molecular complexity index is 1180. The van der Waals surface area contributed by atoms with Gasteiger partial charge in [0.05, 0.1) is 19.7 Å². The van der Waals surface area contributed by atoms with E-state index >= 15 is 0 Å². The molecule has 2 unspecified atom stereocenters. The number of anilines is 1. The van der Waals surface area contributed by atoms with E-state index in [1.807, 2.05) is 30.3 Å². The number of rotatable bonds is 6. The van der Waals surface area contributed by atoms with Gasteiger partial charge in [0.1, 0.15) is 12.5 Å². The first-order valence-electron chi connectivity index (χ1n) is 11.7. The molecule has 2 heterocycles. The van der Waals surface area contributed by atoms with Crippen molar-refractivity contribution in [3.05, 3.63) is 60.2 Å². The Morgan fingerprint density at radius 2 is 1.91 bits per heavy atom. The second kappa shape index (κ2) is 9.02. The van der Waals surface area contributed by atoms with Gasteiger partial charge in [-0.15, -0.1) is 0 Å². The second-order valence-corrected chi connectivity index (χ2v) is 9.12. The minimum atomic E-state index is 0.140. The summed E-state index contributed by atoms with van der Waals surface area (Å²) in [5, 5.41) is 4.53. The molecule has 0 radical (unpaired) electrons. The normalized spacial score (nSPS) is 24.1. The van der Waals surface area contributed by atoms with Crippen molar-refractivity contribution in [1.82, 2.24) is 9.88 Å². The maximum Gasteiger partial charge on any atom is 0.161 e. The number of methoxy groups -OCH3 is 2. The van der Waals surface area contributed by atoms with Gasteiger partial charge in [-0.25, -0.2) is 4.98 Å². The molecule has 172 valence electrons. The molecule has 1 aliphatic carbocycles. The van der Waals surface area contributed by atoms with Gasteiger partial charge in [-0.2, -0.15) is 0 Å². The quantitative estimate of drug-likeness (QED) is 0.587. The summed E-state index contributed by atoms with van der Waals surface area (Å²) < 4.78 is 11.1. The van der Waals surface area contributed by atoms with Crippen LogP contribution < -0.4 is 14.8 Å². The lowest BCUT2D eigenvalue weighted by atomic mass is 9.65. The summed E-state index contributed by atoms with van der Waals surface area (Å²) in [6.07, 6.45) is 4.28. The number of nitrogens with zero attached hydrogens (tertiary/aromatic N) is 3. The third kappa shape index (κ3) is 4.04. The van der Waals surface area contributed by atoms with Gasteiger partial charge in [0.25, 0.3) is 0 Å². The molecular weight excluding hydrogens is 412 g/mol. The van der Waals surface area contributed by atoms with Crippen LogP contribution in [0.5, 0.6) is 11.5 Å². The van der Waals surface area contributed by atoms with Gasteiger partial charge < -0.3 is 19.7 Å². The highest BCUT2D eigenvalue weighted by Crippen LogP contribution is 2.49. The lowest BCUT2D eigenvalue weighted by Gasteiger charge is -2.42. The molecule has 2 aliphatic rings. The molecule has 1 saturated heterocycles. The molecule has 2 aromatic carbocycles. The molecule has 0 amide bonds. The summed E-state index contributed by atoms with van der Waals surface area (Å²) in [5.74, 6) is 2.46. The number of ether oxygens (including phenoxy) is 2. The molecule has 6 nitrogen and oxygen atoms in total. The van der Waals surface area contributed by atoms with Crippen LogP contribution in [0, 0.1) is 0 Å². The molecule has 2 atom stereocenters. The molecule has 1 saturated carbocycles. The molecule has 1 aliphatic heterocycles. The maximum atomic E-state index is 5.61. The minimum absolute atomic E-state index is 0.140. The van der Waals surface area contributed by atoms with Crippen molar-refractivity contribution in [1.29, 1.82) is 0 Å². The fourth-order valence-corrected chi connectivity index (χ4v) is 5.62. The summed E-state index contributed by atoms with van der Waals surface area (Å²) >= 11 is 0. The Labute approximate surface area is 195 Å². The number of nitrogens with one attached hydrogen (secondary N) is 1. The van der Waals surface area contributed by atoms with E-state index in [0.717, 1.165) is 60.4 Å². The zero-order chi connectivity index (χ0) is 22.8. The van der Waals surface area contributed by atoms with Crippen molar-refractivity contribution < 1.29 is 9.47 Å². The molecular formula is C27H32N4O2. The Kier molecular flexibility index (Phi) is 5.94. The highest BCUT2D eigenvalue weighted by Gasteiger charge is 2.49. The summed E-state index contributed by atoms with van der Waals surface area (Å²) in [6.45, 7) is 1.66. The van der Waals surface area contributed by atoms with Crippen molar-refractivity contribution in [2.75, 3.05) is 39.8 Å². The number of para-hydroxylation sites is 1. The fraction of sp³-hybridized carbons (Fsp3) is 0.407. The Morgan fingerprint density at radius 3 is 2.76 bits per heavy atom. The number of aliphatic imine (C=N–C) groups is 1. The average Bonchev–Trinajstić information content (AvgIpc) is 3.20. The van der Waals surface area contributed by atoms with Crippen LogP contribution in [-0.4, -0.2) is 56.1 Å². The lowest BCUT2D eigenvalue weighted by molar-refractivity contribution is 0.226. The summed E-state index contributed by atoms with van der Waals surface area (Å²) in [7, 11) is 5.64. The van der Waals surface area contributed by atoms with Crippen LogP contribution in [0.3, 0.4) is 0 Å². The highest BCUT2D eigenvalue weighted by atomic mass is 16.5. The van der Waals surface area contributed by atoms with Gasteiger partial charge in [0.15, 0.2) is 11.5 Å². The van der Waals surface area contributed by atoms with Gasteiger partial charge in [0, 0.05) is 29.0 Å². The highest BCUT2D eigenvalue weighted by molar-refractivity contribution is 5.87. The Hall–Kier alpha value is -3.12. The van der Waals surface area contributed by atoms with Gasteiger partial charge in [-0.05, 0) is 68.8 Å². The topological polar surface area (TPSA) is 59.0 Å². The average molecular weight is 445 g/mol. The Balaban J connectivity index is 1.31. The van der Waals surface area contributed by atoms with E-state index in [1.54, 1.807) is 14.2 Å². The van der Waals surface area contributed by atoms with Crippen molar-refractivity contribution in [3.63, 3.8) is 0 Å². The minimum Gasteiger partial charge on any atom is -0.493 e. The van der Waals surface area contributed by atoms with E-state index in [2.05, 4.69) is 41.5 Å². The molecule has 6 heteroatoms. The smallest absolute Gasteiger partial charge is 0.161 e. The largest absolute Gasteiger partial charge is 0.493 e. The van der Waals surface area contributed by atoms with E-state index in [1.165, 1.54) is 11.3 Å². The van der Waals surface area contributed by atoms with Crippen LogP contribution in [0.15, 0.2) is 59.6 Å². The molecule has 1 N–H and O–H groups in total. The SMILES string of the molecule is COc1ccc(C23CC/C(=N\CNc4ccc5ccccc5n4)CC2N(C)CC3)cc1OC. The number of hydrogen-bond acceptors (Lipinski definition) is 6. The van der Waals surface area contributed by atoms with Crippen molar-refractivity contribution in [2.45, 2.75) is 37.1 Å².